The Bertz CT molecular complexity index is 736. The molecule has 10 heteroatoms. The topological polar surface area (TPSA) is 127 Å². The molecule has 0 unspecified atom stereocenters. The summed E-state index contributed by atoms with van der Waals surface area (Å²) >= 11 is 5.84. The maximum absolute atomic E-state index is 12.8. The number of ether oxygens (including phenoxy) is 1. The van der Waals surface area contributed by atoms with Crippen LogP contribution in [0.1, 0.15) is 12.8 Å². The normalized spacial score (nSPS) is 18.7. The Morgan fingerprint density at radius 3 is 2.74 bits per heavy atom. The monoisotopic (exact) mass is 362 g/mol. The van der Waals surface area contributed by atoms with Crippen molar-refractivity contribution in [1.82, 2.24) is 4.31 Å². The first-order valence-corrected chi connectivity index (χ1v) is 8.50. The average molecular weight is 363 g/mol. The van der Waals surface area contributed by atoms with E-state index in [0.29, 0.717) is 6.42 Å². The van der Waals surface area contributed by atoms with E-state index in [1.165, 1.54) is 12.1 Å². The number of carboxylic acids is 1. The van der Waals surface area contributed by atoms with Gasteiger partial charge < -0.3 is 15.6 Å². The van der Waals surface area contributed by atoms with Crippen LogP contribution in [-0.2, 0) is 19.6 Å². The van der Waals surface area contributed by atoms with E-state index in [9.17, 15) is 18.0 Å². The summed E-state index contributed by atoms with van der Waals surface area (Å²) < 4.78 is 31.6. The molecule has 0 saturated carbocycles. The maximum Gasteiger partial charge on any atom is 0.322 e. The van der Waals surface area contributed by atoms with Crippen molar-refractivity contribution < 1.29 is 27.9 Å². The predicted molar refractivity (Wildman–Crippen MR) is 80.7 cm³/mol. The van der Waals surface area contributed by atoms with Crippen LogP contribution < -0.4 is 10.5 Å². The number of rotatable bonds is 6. The molecule has 1 amide bonds. The van der Waals surface area contributed by atoms with Crippen molar-refractivity contribution in [3.05, 3.63) is 23.2 Å². The van der Waals surface area contributed by atoms with Gasteiger partial charge in [-0.25, -0.2) is 8.42 Å². The fourth-order valence-electron chi connectivity index (χ4n) is 2.35. The van der Waals surface area contributed by atoms with Crippen LogP contribution >= 0.6 is 11.6 Å². The summed E-state index contributed by atoms with van der Waals surface area (Å²) in [6, 6.07) is 2.72. The molecule has 2 rings (SSSR count). The molecule has 0 radical (unpaired) electrons. The van der Waals surface area contributed by atoms with E-state index in [1.807, 2.05) is 0 Å². The van der Waals surface area contributed by atoms with Crippen LogP contribution in [0.15, 0.2) is 23.1 Å². The van der Waals surface area contributed by atoms with Crippen LogP contribution in [0.2, 0.25) is 5.02 Å². The third-order valence-electron chi connectivity index (χ3n) is 3.35. The van der Waals surface area contributed by atoms with Gasteiger partial charge in [0.1, 0.15) is 16.7 Å². The molecule has 1 aliphatic heterocycles. The van der Waals surface area contributed by atoms with Crippen LogP contribution in [0.4, 0.5) is 0 Å². The smallest absolute Gasteiger partial charge is 0.322 e. The summed E-state index contributed by atoms with van der Waals surface area (Å²) in [5.41, 5.74) is 4.99. The lowest BCUT2D eigenvalue weighted by atomic mass is 10.2. The Labute approximate surface area is 137 Å². The van der Waals surface area contributed by atoms with Gasteiger partial charge in [-0.05, 0) is 31.0 Å². The Kier molecular flexibility index (Phi) is 5.12. The van der Waals surface area contributed by atoms with Crippen LogP contribution in [0.25, 0.3) is 0 Å². The number of carbonyl (C=O) groups is 2. The second-order valence-corrected chi connectivity index (χ2v) is 7.25. The molecule has 23 heavy (non-hydrogen) atoms. The van der Waals surface area contributed by atoms with Crippen molar-refractivity contribution in [1.29, 1.82) is 0 Å². The first-order chi connectivity index (χ1) is 10.7. The van der Waals surface area contributed by atoms with Gasteiger partial charge in [-0.2, -0.15) is 4.31 Å². The number of hydrogen-bond acceptors (Lipinski definition) is 5. The van der Waals surface area contributed by atoms with Crippen molar-refractivity contribution in [2.24, 2.45) is 5.73 Å². The third-order valence-corrected chi connectivity index (χ3v) is 5.52. The zero-order valence-corrected chi connectivity index (χ0v) is 13.5. The molecular weight excluding hydrogens is 348 g/mol. The van der Waals surface area contributed by atoms with Crippen molar-refractivity contribution in [2.45, 2.75) is 23.8 Å². The molecule has 1 aliphatic rings. The quantitative estimate of drug-likeness (QED) is 0.756. The molecule has 1 aromatic rings. The summed E-state index contributed by atoms with van der Waals surface area (Å²) in [7, 11) is -4.14. The fraction of sp³-hybridized carbons (Fsp3) is 0.385. The molecule has 1 aromatic carbocycles. The van der Waals surface area contributed by atoms with Gasteiger partial charge in [-0.3, -0.25) is 9.59 Å². The lowest BCUT2D eigenvalue weighted by molar-refractivity contribution is -0.140. The van der Waals surface area contributed by atoms with Gasteiger partial charge in [-0.1, -0.05) is 11.6 Å². The second-order valence-electron chi connectivity index (χ2n) is 4.96. The molecule has 1 fully saturated rings. The maximum atomic E-state index is 12.8. The number of aliphatic carboxylic acids is 1. The van der Waals surface area contributed by atoms with Crippen LogP contribution in [0, 0.1) is 0 Å². The molecule has 0 aromatic heterocycles. The highest BCUT2D eigenvalue weighted by atomic mass is 35.5. The minimum Gasteiger partial charge on any atom is -0.482 e. The van der Waals surface area contributed by atoms with E-state index in [4.69, 9.17) is 27.2 Å². The molecule has 0 bridgehead atoms. The summed E-state index contributed by atoms with van der Waals surface area (Å²) in [6.45, 7) is -0.423. The first kappa shape index (κ1) is 17.5. The molecule has 126 valence electrons. The second kappa shape index (κ2) is 6.73. The number of halogens is 1. The number of carbonyl (C=O) groups excluding carboxylic acids is 1. The molecule has 3 N–H and O–H groups in total. The number of benzene rings is 1. The van der Waals surface area contributed by atoms with Gasteiger partial charge in [0.2, 0.25) is 10.0 Å². The van der Waals surface area contributed by atoms with Gasteiger partial charge in [0.25, 0.3) is 5.91 Å². The van der Waals surface area contributed by atoms with Gasteiger partial charge in [0.05, 0.1) is 0 Å². The van der Waals surface area contributed by atoms with Crippen LogP contribution in [0.5, 0.6) is 5.75 Å². The SMILES string of the molecule is NC(=O)COc1ccc(Cl)cc1S(=O)(=O)N1CCC[C@H]1C(=O)O. The van der Waals surface area contributed by atoms with Crippen molar-refractivity contribution in [3.63, 3.8) is 0 Å². The highest BCUT2D eigenvalue weighted by molar-refractivity contribution is 7.89. The Morgan fingerprint density at radius 2 is 2.13 bits per heavy atom. The summed E-state index contributed by atoms with van der Waals surface area (Å²) in [5.74, 6) is -2.09. The van der Waals surface area contributed by atoms with Crippen molar-refractivity contribution in [2.75, 3.05) is 13.2 Å². The van der Waals surface area contributed by atoms with E-state index in [2.05, 4.69) is 0 Å². The van der Waals surface area contributed by atoms with Gasteiger partial charge in [0.15, 0.2) is 6.61 Å². The third kappa shape index (κ3) is 3.74. The largest absolute Gasteiger partial charge is 0.482 e. The standard InChI is InChI=1S/C13H15ClN2O6S/c14-8-3-4-10(22-7-12(15)17)11(6-8)23(20,21)16-5-1-2-9(16)13(18)19/h3-4,6,9H,1-2,5,7H2,(H2,15,17)(H,18,19)/t9-/m0/s1. The molecule has 1 heterocycles. The molecule has 8 nitrogen and oxygen atoms in total. The number of nitrogens with zero attached hydrogens (tertiary/aromatic N) is 1. The van der Waals surface area contributed by atoms with Gasteiger partial charge in [-0.15, -0.1) is 0 Å². The van der Waals surface area contributed by atoms with E-state index in [1.54, 1.807) is 0 Å². The number of carboxylic acid groups (broad SMARTS) is 1. The summed E-state index contributed by atoms with van der Waals surface area (Å²) in [4.78, 5) is 21.8. The molecule has 0 spiro atoms. The zero-order chi connectivity index (χ0) is 17.2. The van der Waals surface area contributed by atoms with Crippen molar-refractivity contribution in [3.8, 4) is 5.75 Å². The number of nitrogens with two attached hydrogens (primary N) is 1. The number of hydrogen-bond donors (Lipinski definition) is 2. The lowest BCUT2D eigenvalue weighted by Crippen LogP contribution is -2.40. The Morgan fingerprint density at radius 1 is 1.43 bits per heavy atom. The number of primary amides is 1. The molecule has 1 atom stereocenters. The highest BCUT2D eigenvalue weighted by Gasteiger charge is 2.40. The molecule has 0 aliphatic carbocycles. The average Bonchev–Trinajstić information content (AvgIpc) is 2.96. The predicted octanol–water partition coefficient (Wildman–Crippen LogP) is 0.442. The number of amides is 1. The highest BCUT2D eigenvalue weighted by Crippen LogP contribution is 2.33. The minimum absolute atomic E-state index is 0.0844. The summed E-state index contributed by atoms with van der Waals surface area (Å²) in [5, 5.41) is 9.31. The van der Waals surface area contributed by atoms with Crippen LogP contribution in [0.3, 0.4) is 0 Å². The summed E-state index contributed by atoms with van der Waals surface area (Å²) in [6.07, 6.45) is 0.668. The lowest BCUT2D eigenvalue weighted by Gasteiger charge is -2.22. The van der Waals surface area contributed by atoms with E-state index in [0.717, 1.165) is 10.4 Å². The van der Waals surface area contributed by atoms with E-state index >= 15 is 0 Å². The van der Waals surface area contributed by atoms with Crippen LogP contribution in [-0.4, -0.2) is 48.9 Å². The Balaban J connectivity index is 2.44. The minimum atomic E-state index is -4.14. The van der Waals surface area contributed by atoms with E-state index in [-0.39, 0.29) is 28.6 Å². The number of sulfonamides is 1. The van der Waals surface area contributed by atoms with E-state index < -0.39 is 34.5 Å². The molecular formula is C13H15ClN2O6S. The zero-order valence-electron chi connectivity index (χ0n) is 11.9. The fourth-order valence-corrected chi connectivity index (χ4v) is 4.40. The Hall–Kier alpha value is -1.84. The van der Waals surface area contributed by atoms with Gasteiger partial charge >= 0.3 is 5.97 Å². The molecule has 1 saturated heterocycles. The van der Waals surface area contributed by atoms with Crippen molar-refractivity contribution >= 4 is 33.5 Å². The first-order valence-electron chi connectivity index (χ1n) is 6.69. The van der Waals surface area contributed by atoms with Gasteiger partial charge in [0, 0.05) is 11.6 Å².